The summed E-state index contributed by atoms with van der Waals surface area (Å²) >= 11 is 4.91. The first kappa shape index (κ1) is 13.0. The second kappa shape index (κ2) is 6.48. The molecule has 0 aliphatic heterocycles. The van der Waals surface area contributed by atoms with E-state index in [0.717, 1.165) is 10.2 Å². The zero-order valence-electron chi connectivity index (χ0n) is 8.47. The van der Waals surface area contributed by atoms with Crippen LogP contribution < -0.4 is 11.3 Å². The van der Waals surface area contributed by atoms with E-state index < -0.39 is 0 Å². The number of nitrogens with two attached hydrogens (primary N) is 1. The quantitative estimate of drug-likeness (QED) is 0.646. The van der Waals surface area contributed by atoms with E-state index in [9.17, 15) is 4.39 Å². The molecule has 0 bridgehead atoms. The first-order valence-electron chi connectivity index (χ1n) is 4.56. The van der Waals surface area contributed by atoms with Gasteiger partial charge in [0, 0.05) is 16.3 Å². The van der Waals surface area contributed by atoms with Crippen molar-refractivity contribution in [1.29, 1.82) is 0 Å². The van der Waals surface area contributed by atoms with Crippen molar-refractivity contribution in [2.45, 2.75) is 12.5 Å². The van der Waals surface area contributed by atoms with Gasteiger partial charge < -0.3 is 0 Å². The van der Waals surface area contributed by atoms with E-state index in [1.807, 2.05) is 12.3 Å². The number of benzene rings is 1. The van der Waals surface area contributed by atoms with Gasteiger partial charge >= 0.3 is 0 Å². The van der Waals surface area contributed by atoms with E-state index in [-0.39, 0.29) is 11.9 Å². The van der Waals surface area contributed by atoms with Crippen LogP contribution >= 0.6 is 27.7 Å². The third-order valence-electron chi connectivity index (χ3n) is 2.08. The standard InChI is InChI=1S/C10H14BrFN2S/c1-15-6-9(14-13)4-7-2-3-8(11)5-10(7)12/h2-3,5,9,14H,4,6,13H2,1H3. The summed E-state index contributed by atoms with van der Waals surface area (Å²) in [5, 5.41) is 0. The first-order chi connectivity index (χ1) is 7.17. The molecule has 3 N–H and O–H groups in total. The Kier molecular flexibility index (Phi) is 5.60. The van der Waals surface area contributed by atoms with Gasteiger partial charge in [-0.1, -0.05) is 22.0 Å². The smallest absolute Gasteiger partial charge is 0.127 e. The molecule has 0 amide bonds. The van der Waals surface area contributed by atoms with Crippen molar-refractivity contribution < 1.29 is 4.39 Å². The predicted molar refractivity (Wildman–Crippen MR) is 67.3 cm³/mol. The molecule has 15 heavy (non-hydrogen) atoms. The molecule has 0 fully saturated rings. The van der Waals surface area contributed by atoms with Gasteiger partial charge in [-0.05, 0) is 30.4 Å². The Morgan fingerprint density at radius 2 is 2.33 bits per heavy atom. The van der Waals surface area contributed by atoms with E-state index in [1.54, 1.807) is 17.8 Å². The molecular formula is C10H14BrFN2S. The van der Waals surface area contributed by atoms with Crippen LogP contribution in [0.1, 0.15) is 5.56 Å². The van der Waals surface area contributed by atoms with Gasteiger partial charge in [0.1, 0.15) is 5.82 Å². The molecule has 84 valence electrons. The van der Waals surface area contributed by atoms with Crippen molar-refractivity contribution in [3.63, 3.8) is 0 Å². The van der Waals surface area contributed by atoms with Gasteiger partial charge in [0.2, 0.25) is 0 Å². The van der Waals surface area contributed by atoms with Crippen LogP contribution in [0.2, 0.25) is 0 Å². The lowest BCUT2D eigenvalue weighted by Crippen LogP contribution is -2.38. The molecule has 1 rings (SSSR count). The highest BCUT2D eigenvalue weighted by atomic mass is 79.9. The normalized spacial score (nSPS) is 12.8. The number of rotatable bonds is 5. The molecule has 0 radical (unpaired) electrons. The van der Waals surface area contributed by atoms with Crippen LogP contribution in [0.5, 0.6) is 0 Å². The van der Waals surface area contributed by atoms with E-state index in [4.69, 9.17) is 5.84 Å². The Morgan fingerprint density at radius 3 is 2.87 bits per heavy atom. The fraction of sp³-hybridized carbons (Fsp3) is 0.400. The minimum absolute atomic E-state index is 0.107. The maximum Gasteiger partial charge on any atom is 0.127 e. The monoisotopic (exact) mass is 292 g/mol. The Balaban J connectivity index is 2.70. The molecular weight excluding hydrogens is 279 g/mol. The highest BCUT2D eigenvalue weighted by molar-refractivity contribution is 9.10. The van der Waals surface area contributed by atoms with E-state index in [0.29, 0.717) is 12.0 Å². The fourth-order valence-electron chi connectivity index (χ4n) is 1.32. The molecule has 2 nitrogen and oxygen atoms in total. The Bertz CT molecular complexity index is 322. The summed E-state index contributed by atoms with van der Waals surface area (Å²) < 4.78 is 14.2. The Labute approximate surface area is 102 Å². The number of hydrogen-bond donors (Lipinski definition) is 2. The lowest BCUT2D eigenvalue weighted by Gasteiger charge is -2.14. The molecule has 0 aromatic heterocycles. The minimum Gasteiger partial charge on any atom is -0.271 e. The largest absolute Gasteiger partial charge is 0.271 e. The second-order valence-electron chi connectivity index (χ2n) is 3.26. The van der Waals surface area contributed by atoms with Gasteiger partial charge in [0.25, 0.3) is 0 Å². The molecule has 1 unspecified atom stereocenters. The van der Waals surface area contributed by atoms with Crippen LogP contribution in [0.3, 0.4) is 0 Å². The molecule has 0 aliphatic rings. The zero-order chi connectivity index (χ0) is 11.3. The van der Waals surface area contributed by atoms with Crippen LogP contribution in [0.4, 0.5) is 4.39 Å². The van der Waals surface area contributed by atoms with E-state index in [2.05, 4.69) is 21.4 Å². The van der Waals surface area contributed by atoms with Crippen LogP contribution in [0.25, 0.3) is 0 Å². The minimum atomic E-state index is -0.189. The molecule has 0 saturated carbocycles. The lowest BCUT2D eigenvalue weighted by molar-refractivity contribution is 0.546. The fourth-order valence-corrected chi connectivity index (χ4v) is 2.27. The average Bonchev–Trinajstić information content (AvgIpc) is 2.21. The maximum atomic E-state index is 13.5. The molecule has 1 atom stereocenters. The molecule has 0 saturated heterocycles. The van der Waals surface area contributed by atoms with Crippen molar-refractivity contribution >= 4 is 27.7 Å². The summed E-state index contributed by atoms with van der Waals surface area (Å²) in [5.74, 6) is 6.07. The second-order valence-corrected chi connectivity index (χ2v) is 5.09. The Morgan fingerprint density at radius 1 is 1.60 bits per heavy atom. The van der Waals surface area contributed by atoms with Gasteiger partial charge in [0.15, 0.2) is 0 Å². The van der Waals surface area contributed by atoms with Gasteiger partial charge in [-0.15, -0.1) is 0 Å². The Hall–Kier alpha value is -0.100. The molecule has 1 aromatic rings. The van der Waals surface area contributed by atoms with E-state index >= 15 is 0 Å². The SMILES string of the molecule is CSCC(Cc1ccc(Br)cc1F)NN. The number of thioether (sulfide) groups is 1. The summed E-state index contributed by atoms with van der Waals surface area (Å²) in [5.41, 5.74) is 3.38. The van der Waals surface area contributed by atoms with Gasteiger partial charge in [-0.2, -0.15) is 11.8 Å². The average molecular weight is 293 g/mol. The summed E-state index contributed by atoms with van der Waals surface area (Å²) in [4.78, 5) is 0. The first-order valence-corrected chi connectivity index (χ1v) is 6.75. The topological polar surface area (TPSA) is 38.0 Å². The summed E-state index contributed by atoms with van der Waals surface area (Å²) in [6.45, 7) is 0. The third kappa shape index (κ3) is 4.10. The number of hydrazine groups is 1. The maximum absolute atomic E-state index is 13.5. The molecule has 0 aliphatic carbocycles. The number of nitrogens with one attached hydrogen (secondary N) is 1. The van der Waals surface area contributed by atoms with Crippen LogP contribution in [-0.4, -0.2) is 18.1 Å². The van der Waals surface area contributed by atoms with Crippen LogP contribution in [0, 0.1) is 5.82 Å². The van der Waals surface area contributed by atoms with Crippen molar-refractivity contribution in [2.24, 2.45) is 5.84 Å². The third-order valence-corrected chi connectivity index (χ3v) is 3.31. The number of hydrogen-bond acceptors (Lipinski definition) is 3. The summed E-state index contributed by atoms with van der Waals surface area (Å²) in [6, 6.07) is 5.20. The summed E-state index contributed by atoms with van der Waals surface area (Å²) in [7, 11) is 0. The molecule has 5 heteroatoms. The van der Waals surface area contributed by atoms with Crippen LogP contribution in [0.15, 0.2) is 22.7 Å². The van der Waals surface area contributed by atoms with Crippen LogP contribution in [-0.2, 0) is 6.42 Å². The van der Waals surface area contributed by atoms with Crippen molar-refractivity contribution in [2.75, 3.05) is 12.0 Å². The van der Waals surface area contributed by atoms with Gasteiger partial charge in [-0.3, -0.25) is 11.3 Å². The predicted octanol–water partition coefficient (Wildman–Crippen LogP) is 2.33. The lowest BCUT2D eigenvalue weighted by atomic mass is 10.1. The van der Waals surface area contributed by atoms with Crippen molar-refractivity contribution in [3.8, 4) is 0 Å². The van der Waals surface area contributed by atoms with Gasteiger partial charge in [0.05, 0.1) is 0 Å². The molecule has 1 aromatic carbocycles. The van der Waals surface area contributed by atoms with Crippen molar-refractivity contribution in [3.05, 3.63) is 34.1 Å². The zero-order valence-corrected chi connectivity index (χ0v) is 10.9. The van der Waals surface area contributed by atoms with E-state index in [1.165, 1.54) is 6.07 Å². The number of halogens is 2. The summed E-state index contributed by atoms with van der Waals surface area (Å²) in [6.07, 6.45) is 2.61. The molecule has 0 heterocycles. The molecule has 0 spiro atoms. The van der Waals surface area contributed by atoms with Gasteiger partial charge in [-0.25, -0.2) is 4.39 Å². The highest BCUT2D eigenvalue weighted by Gasteiger charge is 2.10. The highest BCUT2D eigenvalue weighted by Crippen LogP contribution is 2.17. The van der Waals surface area contributed by atoms with Crippen molar-refractivity contribution in [1.82, 2.24) is 5.43 Å².